The maximum absolute atomic E-state index is 9.09. The van der Waals surface area contributed by atoms with E-state index in [4.69, 9.17) is 15.7 Å². The highest BCUT2D eigenvalue weighted by Gasteiger charge is 2.05. The lowest BCUT2D eigenvalue weighted by Crippen LogP contribution is -2.09. The van der Waals surface area contributed by atoms with Gasteiger partial charge in [0.25, 0.3) is 0 Å². The summed E-state index contributed by atoms with van der Waals surface area (Å²) >= 11 is 0. The molecule has 1 aromatic heterocycles. The van der Waals surface area contributed by atoms with Crippen molar-refractivity contribution in [2.45, 2.75) is 13.0 Å². The predicted molar refractivity (Wildman–Crippen MR) is 74.0 cm³/mol. The molecule has 0 radical (unpaired) electrons. The molecule has 4 heteroatoms. The van der Waals surface area contributed by atoms with Crippen LogP contribution in [-0.2, 0) is 13.0 Å². The Kier molecular flexibility index (Phi) is 4.22. The van der Waals surface area contributed by atoms with Crippen LogP contribution in [0.3, 0.4) is 0 Å². The number of benzene rings is 1. The fourth-order valence-corrected chi connectivity index (χ4v) is 2.12. The number of hydrogen-bond acceptors (Lipinski definition) is 3. The molecule has 0 bridgehead atoms. The summed E-state index contributed by atoms with van der Waals surface area (Å²) < 4.78 is 7.29. The molecule has 0 saturated heterocycles. The first-order valence-electron chi connectivity index (χ1n) is 6.19. The molecule has 0 aliphatic rings. The molecule has 2 N–H and O–H groups in total. The number of nitrogens with zero attached hydrogens (tertiary/aromatic N) is 2. The number of ether oxygens (including phenoxy) is 1. The minimum atomic E-state index is 0.563. The van der Waals surface area contributed by atoms with E-state index in [1.54, 1.807) is 7.11 Å². The Labute approximate surface area is 113 Å². The molecule has 0 unspecified atom stereocenters. The Morgan fingerprint density at radius 1 is 1.37 bits per heavy atom. The van der Waals surface area contributed by atoms with Gasteiger partial charge < -0.3 is 15.0 Å². The molecule has 0 aliphatic carbocycles. The van der Waals surface area contributed by atoms with Gasteiger partial charge in [-0.15, -0.1) is 0 Å². The largest absolute Gasteiger partial charge is 0.495 e. The molecule has 2 aromatic rings. The number of aromatic nitrogens is 1. The fraction of sp³-hybridized carbons (Fsp3) is 0.267. The maximum Gasteiger partial charge on any atom is 0.136 e. The Balaban J connectivity index is 2.24. The van der Waals surface area contributed by atoms with Crippen LogP contribution in [0.5, 0.6) is 5.75 Å². The summed E-state index contributed by atoms with van der Waals surface area (Å²) in [5.74, 6) is 0.612. The summed E-state index contributed by atoms with van der Waals surface area (Å²) in [4.78, 5) is 0. The second-order valence-electron chi connectivity index (χ2n) is 4.31. The molecule has 1 aromatic carbocycles. The van der Waals surface area contributed by atoms with Gasteiger partial charge in [0.1, 0.15) is 11.8 Å². The van der Waals surface area contributed by atoms with Crippen LogP contribution in [0.15, 0.2) is 36.5 Å². The molecule has 0 amide bonds. The third-order valence-corrected chi connectivity index (χ3v) is 3.06. The van der Waals surface area contributed by atoms with Gasteiger partial charge in [-0.25, -0.2) is 0 Å². The third-order valence-electron chi connectivity index (χ3n) is 3.06. The average molecular weight is 255 g/mol. The van der Waals surface area contributed by atoms with E-state index >= 15 is 0 Å². The molecule has 0 spiro atoms. The highest BCUT2D eigenvalue weighted by atomic mass is 16.5. The first-order chi connectivity index (χ1) is 9.28. The van der Waals surface area contributed by atoms with Crippen LogP contribution in [0.2, 0.25) is 0 Å². The molecule has 0 saturated carbocycles. The van der Waals surface area contributed by atoms with Crippen molar-refractivity contribution >= 4 is 0 Å². The summed E-state index contributed by atoms with van der Waals surface area (Å²) in [6.45, 7) is 1.37. The smallest absolute Gasteiger partial charge is 0.136 e. The predicted octanol–water partition coefficient (Wildman–Crippen LogP) is 1.92. The van der Waals surface area contributed by atoms with Crippen molar-refractivity contribution in [3.05, 3.63) is 53.3 Å². The summed E-state index contributed by atoms with van der Waals surface area (Å²) in [6.07, 6.45) is 2.88. The van der Waals surface area contributed by atoms with Crippen LogP contribution in [0, 0.1) is 11.3 Å². The monoisotopic (exact) mass is 255 g/mol. The summed E-state index contributed by atoms with van der Waals surface area (Å²) in [5, 5.41) is 9.09. The van der Waals surface area contributed by atoms with Crippen molar-refractivity contribution in [2.75, 3.05) is 13.7 Å². The quantitative estimate of drug-likeness (QED) is 0.887. The fourth-order valence-electron chi connectivity index (χ4n) is 2.12. The van der Waals surface area contributed by atoms with Gasteiger partial charge in [0.15, 0.2) is 0 Å². The van der Waals surface area contributed by atoms with Crippen LogP contribution in [0.1, 0.15) is 16.8 Å². The van der Waals surface area contributed by atoms with E-state index in [9.17, 15) is 0 Å². The number of hydrogen-bond donors (Lipinski definition) is 1. The number of nitrogens with two attached hydrogens (primary N) is 1. The van der Waals surface area contributed by atoms with Crippen LogP contribution < -0.4 is 10.5 Å². The Hall–Kier alpha value is -2.25. The molecule has 98 valence electrons. The SMILES string of the molecule is COc1ccc(Cn2cccc2CCN)cc1C#N. The third kappa shape index (κ3) is 2.95. The topological polar surface area (TPSA) is 64.0 Å². The Morgan fingerprint density at radius 2 is 2.21 bits per heavy atom. The number of rotatable bonds is 5. The van der Waals surface area contributed by atoms with E-state index < -0.39 is 0 Å². The van der Waals surface area contributed by atoms with Gasteiger partial charge in [-0.05, 0) is 42.8 Å². The highest BCUT2D eigenvalue weighted by Crippen LogP contribution is 2.19. The zero-order valence-electron chi connectivity index (χ0n) is 11.0. The summed E-state index contributed by atoms with van der Waals surface area (Å²) in [6, 6.07) is 11.9. The van der Waals surface area contributed by atoms with Crippen LogP contribution in [0.4, 0.5) is 0 Å². The second-order valence-corrected chi connectivity index (χ2v) is 4.31. The molecule has 19 heavy (non-hydrogen) atoms. The van der Waals surface area contributed by atoms with Crippen LogP contribution in [-0.4, -0.2) is 18.2 Å². The lowest BCUT2D eigenvalue weighted by Gasteiger charge is -2.10. The second kappa shape index (κ2) is 6.07. The molecule has 4 nitrogen and oxygen atoms in total. The van der Waals surface area contributed by atoms with Crippen LogP contribution in [0.25, 0.3) is 0 Å². The van der Waals surface area contributed by atoms with Gasteiger partial charge in [0.2, 0.25) is 0 Å². The molecular weight excluding hydrogens is 238 g/mol. The van der Waals surface area contributed by atoms with E-state index in [1.807, 2.05) is 30.5 Å². The van der Waals surface area contributed by atoms with Crippen molar-refractivity contribution < 1.29 is 4.74 Å². The molecule has 2 rings (SSSR count). The minimum absolute atomic E-state index is 0.563. The standard InChI is InChI=1S/C15H17N3O/c1-19-15-5-4-12(9-13(15)10-17)11-18-8-2-3-14(18)6-7-16/h2-5,8-9H,6-7,11,16H2,1H3. The van der Waals surface area contributed by atoms with Gasteiger partial charge in [0, 0.05) is 18.4 Å². The number of nitriles is 1. The maximum atomic E-state index is 9.09. The average Bonchev–Trinajstić information content (AvgIpc) is 2.86. The minimum Gasteiger partial charge on any atom is -0.495 e. The van der Waals surface area contributed by atoms with Gasteiger partial charge in [-0.2, -0.15) is 5.26 Å². The van der Waals surface area contributed by atoms with Crippen molar-refractivity contribution in [3.63, 3.8) is 0 Å². The van der Waals surface area contributed by atoms with E-state index in [2.05, 4.69) is 16.7 Å². The number of methoxy groups -OCH3 is 1. The van der Waals surface area contributed by atoms with Gasteiger partial charge in [-0.1, -0.05) is 6.07 Å². The van der Waals surface area contributed by atoms with Crippen LogP contribution >= 0.6 is 0 Å². The first kappa shape index (κ1) is 13.2. The first-order valence-corrected chi connectivity index (χ1v) is 6.19. The van der Waals surface area contributed by atoms with Gasteiger partial charge >= 0.3 is 0 Å². The highest BCUT2D eigenvalue weighted by molar-refractivity contribution is 5.45. The van der Waals surface area contributed by atoms with Crippen molar-refractivity contribution in [2.24, 2.45) is 5.73 Å². The van der Waals surface area contributed by atoms with E-state index in [0.717, 1.165) is 18.5 Å². The zero-order chi connectivity index (χ0) is 13.7. The molecule has 0 fully saturated rings. The lowest BCUT2D eigenvalue weighted by atomic mass is 10.1. The zero-order valence-corrected chi connectivity index (χ0v) is 11.0. The van der Waals surface area contributed by atoms with Gasteiger partial charge in [0.05, 0.1) is 12.7 Å². The normalized spacial score (nSPS) is 10.2. The summed E-state index contributed by atoms with van der Waals surface area (Å²) in [5.41, 5.74) is 8.44. The Bertz CT molecular complexity index is 596. The van der Waals surface area contributed by atoms with E-state index in [-0.39, 0.29) is 0 Å². The molecule has 0 aliphatic heterocycles. The van der Waals surface area contributed by atoms with Crippen molar-refractivity contribution in [1.29, 1.82) is 5.26 Å². The van der Waals surface area contributed by atoms with Crippen molar-refractivity contribution in [1.82, 2.24) is 4.57 Å². The Morgan fingerprint density at radius 3 is 2.89 bits per heavy atom. The van der Waals surface area contributed by atoms with Crippen molar-refractivity contribution in [3.8, 4) is 11.8 Å². The van der Waals surface area contributed by atoms with E-state index in [0.29, 0.717) is 17.9 Å². The summed E-state index contributed by atoms with van der Waals surface area (Å²) in [7, 11) is 1.57. The van der Waals surface area contributed by atoms with E-state index in [1.165, 1.54) is 5.69 Å². The van der Waals surface area contributed by atoms with Gasteiger partial charge in [-0.3, -0.25) is 0 Å². The molecular formula is C15H17N3O. The lowest BCUT2D eigenvalue weighted by molar-refractivity contribution is 0.413. The molecule has 0 atom stereocenters. The molecule has 1 heterocycles.